The average Bonchev–Trinajstić information content (AvgIpc) is 2.90. The van der Waals surface area contributed by atoms with Crippen molar-refractivity contribution in [2.75, 3.05) is 0 Å². The van der Waals surface area contributed by atoms with Crippen molar-refractivity contribution >= 4 is 5.97 Å². The third kappa shape index (κ3) is 1.85. The van der Waals surface area contributed by atoms with Crippen molar-refractivity contribution < 1.29 is 19.0 Å². The van der Waals surface area contributed by atoms with Crippen LogP contribution in [-0.4, -0.2) is 17.2 Å². The molecule has 0 saturated heterocycles. The van der Waals surface area contributed by atoms with Gasteiger partial charge < -0.3 is 9.84 Å². The molecule has 18 heavy (non-hydrogen) atoms. The highest BCUT2D eigenvalue weighted by molar-refractivity contribution is 5.91. The molecule has 2 saturated carbocycles. The van der Waals surface area contributed by atoms with Crippen LogP contribution in [0.25, 0.3) is 0 Å². The van der Waals surface area contributed by atoms with Gasteiger partial charge in [-0.05, 0) is 49.7 Å². The third-order valence-corrected chi connectivity index (χ3v) is 4.14. The molecule has 2 aliphatic carbocycles. The second kappa shape index (κ2) is 4.26. The minimum atomic E-state index is -1.27. The van der Waals surface area contributed by atoms with Crippen LogP contribution >= 0.6 is 0 Å². The fraction of sp³-hybridized carbons (Fsp3) is 0.500. The van der Waals surface area contributed by atoms with E-state index in [-0.39, 0.29) is 17.4 Å². The number of fused-ring (bicyclic) bond motifs is 2. The topological polar surface area (TPSA) is 46.5 Å². The Morgan fingerprint density at radius 3 is 2.78 bits per heavy atom. The Bertz CT molecular complexity index is 486. The van der Waals surface area contributed by atoms with E-state index in [1.165, 1.54) is 18.9 Å². The van der Waals surface area contributed by atoms with Crippen molar-refractivity contribution in [3.8, 4) is 5.75 Å². The van der Waals surface area contributed by atoms with E-state index in [2.05, 4.69) is 0 Å². The first kappa shape index (κ1) is 11.5. The van der Waals surface area contributed by atoms with Crippen LogP contribution in [0.2, 0.25) is 0 Å². The third-order valence-electron chi connectivity index (χ3n) is 4.14. The molecule has 4 heteroatoms. The second-order valence-corrected chi connectivity index (χ2v) is 5.25. The van der Waals surface area contributed by atoms with Gasteiger partial charge in [-0.15, -0.1) is 0 Å². The summed E-state index contributed by atoms with van der Waals surface area (Å²) >= 11 is 0. The molecule has 3 atom stereocenters. The van der Waals surface area contributed by atoms with Crippen LogP contribution in [0.5, 0.6) is 5.75 Å². The zero-order valence-corrected chi connectivity index (χ0v) is 9.93. The number of aromatic carboxylic acids is 1. The van der Waals surface area contributed by atoms with Gasteiger partial charge in [0.2, 0.25) is 0 Å². The van der Waals surface area contributed by atoms with Gasteiger partial charge in [0.25, 0.3) is 0 Å². The molecule has 1 aromatic carbocycles. The van der Waals surface area contributed by atoms with Crippen LogP contribution in [-0.2, 0) is 0 Å². The van der Waals surface area contributed by atoms with Crippen LogP contribution in [0, 0.1) is 17.7 Å². The Hall–Kier alpha value is -1.58. The summed E-state index contributed by atoms with van der Waals surface area (Å²) in [6.07, 6.45) is 4.60. The second-order valence-electron chi connectivity index (χ2n) is 5.25. The number of halogens is 1. The maximum atomic E-state index is 13.5. The lowest BCUT2D eigenvalue weighted by Crippen LogP contribution is -2.24. The molecule has 3 rings (SSSR count). The van der Waals surface area contributed by atoms with E-state index in [4.69, 9.17) is 9.84 Å². The Morgan fingerprint density at radius 1 is 1.33 bits per heavy atom. The summed E-state index contributed by atoms with van der Waals surface area (Å²) in [5.41, 5.74) is -0.347. The van der Waals surface area contributed by atoms with E-state index in [1.54, 1.807) is 6.07 Å². The molecule has 2 bridgehead atoms. The first-order valence-electron chi connectivity index (χ1n) is 6.33. The summed E-state index contributed by atoms with van der Waals surface area (Å²) < 4.78 is 19.3. The molecule has 0 aromatic heterocycles. The summed E-state index contributed by atoms with van der Waals surface area (Å²) in [6.45, 7) is 0. The zero-order chi connectivity index (χ0) is 12.7. The van der Waals surface area contributed by atoms with Gasteiger partial charge in [0.15, 0.2) is 0 Å². The smallest absolute Gasteiger partial charge is 0.342 e. The maximum absolute atomic E-state index is 13.5. The Kier molecular flexibility index (Phi) is 2.73. The van der Waals surface area contributed by atoms with Gasteiger partial charge in [-0.25, -0.2) is 9.18 Å². The molecule has 1 aromatic rings. The number of ether oxygens (including phenoxy) is 1. The number of carbonyl (C=O) groups is 1. The minimum Gasteiger partial charge on any atom is -0.489 e. The van der Waals surface area contributed by atoms with Crippen LogP contribution in [0.3, 0.4) is 0 Å². The lowest BCUT2D eigenvalue weighted by atomic mass is 9.97. The van der Waals surface area contributed by atoms with Gasteiger partial charge in [0.05, 0.1) is 0 Å². The molecule has 3 nitrogen and oxygen atoms in total. The van der Waals surface area contributed by atoms with E-state index in [9.17, 15) is 9.18 Å². The van der Waals surface area contributed by atoms with Gasteiger partial charge in [0.1, 0.15) is 23.2 Å². The van der Waals surface area contributed by atoms with Crippen LogP contribution < -0.4 is 4.74 Å². The van der Waals surface area contributed by atoms with Gasteiger partial charge in [-0.2, -0.15) is 0 Å². The lowest BCUT2D eigenvalue weighted by molar-refractivity contribution is 0.0677. The van der Waals surface area contributed by atoms with E-state index < -0.39 is 11.8 Å². The fourth-order valence-electron chi connectivity index (χ4n) is 3.30. The molecule has 0 spiro atoms. The number of hydrogen-bond donors (Lipinski definition) is 1. The Morgan fingerprint density at radius 2 is 2.17 bits per heavy atom. The van der Waals surface area contributed by atoms with Crippen molar-refractivity contribution in [3.63, 3.8) is 0 Å². The molecule has 2 aliphatic rings. The molecule has 2 fully saturated rings. The predicted molar refractivity (Wildman–Crippen MR) is 63.2 cm³/mol. The summed E-state index contributed by atoms with van der Waals surface area (Å²) in [5, 5.41) is 9.03. The molecule has 1 N–H and O–H groups in total. The van der Waals surface area contributed by atoms with Crippen LogP contribution in [0.4, 0.5) is 4.39 Å². The standard InChI is InChI=1S/C14H15FO3/c15-10-2-1-3-11(13(10)14(16)17)18-12-7-8-4-5-9(12)6-8/h1-3,8-9,12H,4-7H2,(H,16,17). The monoisotopic (exact) mass is 250 g/mol. The quantitative estimate of drug-likeness (QED) is 0.896. The van der Waals surface area contributed by atoms with Gasteiger partial charge in [-0.1, -0.05) is 6.07 Å². The van der Waals surface area contributed by atoms with Crippen LogP contribution in [0.1, 0.15) is 36.0 Å². The van der Waals surface area contributed by atoms with Crippen molar-refractivity contribution in [2.24, 2.45) is 11.8 Å². The van der Waals surface area contributed by atoms with Crippen molar-refractivity contribution in [3.05, 3.63) is 29.6 Å². The van der Waals surface area contributed by atoms with E-state index in [0.29, 0.717) is 11.8 Å². The fourth-order valence-corrected chi connectivity index (χ4v) is 3.30. The molecular formula is C14H15FO3. The normalized spacial score (nSPS) is 29.5. The summed E-state index contributed by atoms with van der Waals surface area (Å²) in [6, 6.07) is 4.18. The van der Waals surface area contributed by atoms with E-state index in [1.807, 2.05) is 0 Å². The molecule has 0 radical (unpaired) electrons. The summed E-state index contributed by atoms with van der Waals surface area (Å²) in [7, 11) is 0. The van der Waals surface area contributed by atoms with Crippen molar-refractivity contribution in [1.29, 1.82) is 0 Å². The zero-order valence-electron chi connectivity index (χ0n) is 9.93. The lowest BCUT2D eigenvalue weighted by Gasteiger charge is -2.23. The highest BCUT2D eigenvalue weighted by Crippen LogP contribution is 2.46. The number of hydrogen-bond acceptors (Lipinski definition) is 2. The van der Waals surface area contributed by atoms with Gasteiger partial charge >= 0.3 is 5.97 Å². The number of rotatable bonds is 3. The first-order valence-corrected chi connectivity index (χ1v) is 6.33. The largest absolute Gasteiger partial charge is 0.489 e. The SMILES string of the molecule is O=C(O)c1c(F)cccc1OC1CC2CCC1C2. The minimum absolute atomic E-state index is 0.0589. The molecular weight excluding hydrogens is 235 g/mol. The highest BCUT2D eigenvalue weighted by Gasteiger charge is 2.41. The molecule has 96 valence electrons. The maximum Gasteiger partial charge on any atom is 0.342 e. The highest BCUT2D eigenvalue weighted by atomic mass is 19.1. The molecule has 3 unspecified atom stereocenters. The van der Waals surface area contributed by atoms with Gasteiger partial charge in [0, 0.05) is 0 Å². The predicted octanol–water partition coefficient (Wildman–Crippen LogP) is 3.09. The summed E-state index contributed by atoms with van der Waals surface area (Å²) in [5.74, 6) is -0.615. The molecule has 0 amide bonds. The Labute approximate surface area is 105 Å². The van der Waals surface area contributed by atoms with Crippen LogP contribution in [0.15, 0.2) is 18.2 Å². The Balaban J connectivity index is 1.84. The molecule has 0 aliphatic heterocycles. The van der Waals surface area contributed by atoms with Gasteiger partial charge in [-0.3, -0.25) is 0 Å². The summed E-state index contributed by atoms with van der Waals surface area (Å²) in [4.78, 5) is 11.1. The first-order chi connectivity index (χ1) is 8.65. The average molecular weight is 250 g/mol. The number of carboxylic acids is 1. The number of benzene rings is 1. The van der Waals surface area contributed by atoms with Crippen molar-refractivity contribution in [2.45, 2.75) is 31.8 Å². The van der Waals surface area contributed by atoms with Crippen molar-refractivity contribution in [1.82, 2.24) is 0 Å². The van der Waals surface area contributed by atoms with E-state index in [0.717, 1.165) is 18.9 Å². The van der Waals surface area contributed by atoms with E-state index >= 15 is 0 Å². The number of carboxylic acid groups (broad SMARTS) is 1. The molecule has 0 heterocycles.